The quantitative estimate of drug-likeness (QED) is 0.859. The van der Waals surface area contributed by atoms with Gasteiger partial charge in [0.1, 0.15) is 0 Å². The first-order valence-electron chi connectivity index (χ1n) is 9.26. The van der Waals surface area contributed by atoms with Crippen molar-refractivity contribution in [3.63, 3.8) is 0 Å². The van der Waals surface area contributed by atoms with Crippen LogP contribution < -0.4 is 5.32 Å². The number of hydrogen-bond acceptors (Lipinski definition) is 5. The molecule has 0 spiro atoms. The lowest BCUT2D eigenvalue weighted by atomic mass is 9.77. The summed E-state index contributed by atoms with van der Waals surface area (Å²) in [5.74, 6) is 1.80. The summed E-state index contributed by atoms with van der Waals surface area (Å²) < 4.78 is 5.05. The zero-order valence-electron chi connectivity index (χ0n) is 15.6. The molecule has 5 heteroatoms. The number of nitrogens with zero attached hydrogens (tertiary/aromatic N) is 2. The maximum atomic E-state index is 11.1. The summed E-state index contributed by atoms with van der Waals surface area (Å²) in [5, 5.41) is 18.6. The molecule has 1 heterocycles. The normalized spacial score (nSPS) is 25.3. The third-order valence-electron chi connectivity index (χ3n) is 5.34. The molecule has 1 saturated carbocycles. The molecule has 2 N–H and O–H groups in total. The van der Waals surface area contributed by atoms with Crippen molar-refractivity contribution < 1.29 is 9.63 Å². The number of nitrogens with one attached hydrogen (secondary N) is 1. The lowest BCUT2D eigenvalue weighted by Gasteiger charge is -2.37. The molecule has 0 bridgehead atoms. The van der Waals surface area contributed by atoms with Gasteiger partial charge in [-0.15, -0.1) is 0 Å². The van der Waals surface area contributed by atoms with Gasteiger partial charge in [-0.05, 0) is 49.7 Å². The molecule has 25 heavy (non-hydrogen) atoms. The van der Waals surface area contributed by atoms with E-state index in [1.165, 1.54) is 5.56 Å². The summed E-state index contributed by atoms with van der Waals surface area (Å²) in [6, 6.07) is 8.89. The number of aryl methyl sites for hydroxylation is 1. The van der Waals surface area contributed by atoms with Crippen molar-refractivity contribution in [3.8, 4) is 0 Å². The fourth-order valence-electron chi connectivity index (χ4n) is 3.65. The predicted molar refractivity (Wildman–Crippen MR) is 97.3 cm³/mol. The Morgan fingerprint density at radius 3 is 2.32 bits per heavy atom. The van der Waals surface area contributed by atoms with Crippen LogP contribution in [0.5, 0.6) is 0 Å². The van der Waals surface area contributed by atoms with Crippen LogP contribution in [-0.2, 0) is 5.60 Å². The second-order valence-corrected chi connectivity index (χ2v) is 7.64. The zero-order chi connectivity index (χ0) is 18.0. The molecule has 1 aromatic carbocycles. The molecule has 1 atom stereocenters. The minimum atomic E-state index is -0.709. The van der Waals surface area contributed by atoms with E-state index < -0.39 is 5.60 Å². The van der Waals surface area contributed by atoms with Gasteiger partial charge in [-0.3, -0.25) is 0 Å². The Hall–Kier alpha value is -1.72. The van der Waals surface area contributed by atoms with Gasteiger partial charge in [0.25, 0.3) is 0 Å². The van der Waals surface area contributed by atoms with Crippen LogP contribution >= 0.6 is 0 Å². The van der Waals surface area contributed by atoms with Gasteiger partial charge in [0.2, 0.25) is 5.89 Å². The minimum absolute atomic E-state index is 0.0546. The largest absolute Gasteiger partial charge is 0.385 e. The summed E-state index contributed by atoms with van der Waals surface area (Å²) in [4.78, 5) is 4.29. The van der Waals surface area contributed by atoms with Gasteiger partial charge in [0.05, 0.1) is 11.6 Å². The van der Waals surface area contributed by atoms with Crippen molar-refractivity contribution in [2.45, 2.75) is 77.0 Å². The van der Waals surface area contributed by atoms with Crippen molar-refractivity contribution in [2.75, 3.05) is 0 Å². The lowest BCUT2D eigenvalue weighted by molar-refractivity contribution is -0.00934. The number of aromatic nitrogens is 2. The van der Waals surface area contributed by atoms with E-state index >= 15 is 0 Å². The van der Waals surface area contributed by atoms with Gasteiger partial charge < -0.3 is 14.9 Å². The molecule has 3 rings (SSSR count). The monoisotopic (exact) mass is 343 g/mol. The maximum Gasteiger partial charge on any atom is 0.223 e. The topological polar surface area (TPSA) is 71.2 Å². The van der Waals surface area contributed by atoms with Crippen LogP contribution in [0, 0.1) is 6.92 Å². The highest BCUT2D eigenvalue weighted by molar-refractivity contribution is 5.29. The van der Waals surface area contributed by atoms with E-state index in [0.717, 1.165) is 31.2 Å². The number of benzene rings is 1. The van der Waals surface area contributed by atoms with E-state index in [1.54, 1.807) is 6.92 Å². The van der Waals surface area contributed by atoms with Crippen LogP contribution in [0.3, 0.4) is 0 Å². The Morgan fingerprint density at radius 2 is 1.80 bits per heavy atom. The molecule has 0 aliphatic heterocycles. The molecule has 136 valence electrons. The molecule has 0 radical (unpaired) electrons. The molecule has 5 nitrogen and oxygen atoms in total. The van der Waals surface area contributed by atoms with E-state index in [0.29, 0.717) is 23.7 Å². The van der Waals surface area contributed by atoms with Gasteiger partial charge >= 0.3 is 0 Å². The molecule has 0 amide bonds. The van der Waals surface area contributed by atoms with Crippen LogP contribution in [0.25, 0.3) is 0 Å². The second-order valence-electron chi connectivity index (χ2n) is 7.64. The average Bonchev–Trinajstić information content (AvgIpc) is 3.04. The summed E-state index contributed by atoms with van der Waals surface area (Å²) in [7, 11) is 0. The highest BCUT2D eigenvalue weighted by Crippen LogP contribution is 2.38. The summed E-state index contributed by atoms with van der Waals surface area (Å²) in [6.07, 6.45) is 3.40. The van der Waals surface area contributed by atoms with E-state index in [2.05, 4.69) is 60.5 Å². The summed E-state index contributed by atoms with van der Waals surface area (Å²) >= 11 is 0. The van der Waals surface area contributed by atoms with E-state index in [1.807, 2.05) is 0 Å². The molecule has 2 aromatic rings. The molecular weight excluding hydrogens is 314 g/mol. The first-order chi connectivity index (χ1) is 11.9. The Morgan fingerprint density at radius 1 is 1.16 bits per heavy atom. The van der Waals surface area contributed by atoms with E-state index in [9.17, 15) is 5.11 Å². The first-order valence-corrected chi connectivity index (χ1v) is 9.26. The van der Waals surface area contributed by atoms with Crippen molar-refractivity contribution in [2.24, 2.45) is 0 Å². The number of rotatable bonds is 5. The Bertz CT molecular complexity index is 685. The van der Waals surface area contributed by atoms with Gasteiger partial charge in [0.15, 0.2) is 5.82 Å². The van der Waals surface area contributed by atoms with Gasteiger partial charge in [0, 0.05) is 13.0 Å². The molecule has 1 fully saturated rings. The Kier molecular flexibility index (Phi) is 5.25. The smallest absolute Gasteiger partial charge is 0.223 e. The fourth-order valence-corrected chi connectivity index (χ4v) is 3.65. The molecule has 1 aliphatic carbocycles. The van der Waals surface area contributed by atoms with Crippen molar-refractivity contribution >= 4 is 0 Å². The molecule has 0 saturated heterocycles. The first kappa shape index (κ1) is 18.1. The van der Waals surface area contributed by atoms with Crippen molar-refractivity contribution in [1.82, 2.24) is 15.5 Å². The molecule has 1 unspecified atom stereocenters. The zero-order valence-corrected chi connectivity index (χ0v) is 15.6. The minimum Gasteiger partial charge on any atom is -0.385 e. The van der Waals surface area contributed by atoms with Crippen LogP contribution in [0.4, 0.5) is 0 Å². The van der Waals surface area contributed by atoms with Crippen molar-refractivity contribution in [1.29, 1.82) is 0 Å². The van der Waals surface area contributed by atoms with Crippen LogP contribution in [0.1, 0.15) is 81.3 Å². The van der Waals surface area contributed by atoms with Crippen LogP contribution in [-0.4, -0.2) is 21.3 Å². The SMILES string of the molecule is Cc1nc(C(C)NC2CCC(O)(c3ccc(C(C)C)cc3)CC2)no1. The number of hydrogen-bond donors (Lipinski definition) is 2. The third-order valence-corrected chi connectivity index (χ3v) is 5.34. The van der Waals surface area contributed by atoms with E-state index in [-0.39, 0.29) is 6.04 Å². The highest BCUT2D eigenvalue weighted by Gasteiger charge is 2.35. The second kappa shape index (κ2) is 7.26. The maximum absolute atomic E-state index is 11.1. The average molecular weight is 343 g/mol. The third kappa shape index (κ3) is 4.10. The predicted octanol–water partition coefficient (Wildman–Crippen LogP) is 3.98. The lowest BCUT2D eigenvalue weighted by Crippen LogP contribution is -2.40. The molecular formula is C20H29N3O2. The van der Waals surface area contributed by atoms with Crippen LogP contribution in [0.15, 0.2) is 28.8 Å². The Labute approximate surface area is 149 Å². The van der Waals surface area contributed by atoms with Gasteiger partial charge in [-0.1, -0.05) is 43.3 Å². The molecule has 1 aliphatic rings. The van der Waals surface area contributed by atoms with Crippen molar-refractivity contribution in [3.05, 3.63) is 47.1 Å². The van der Waals surface area contributed by atoms with Crippen LogP contribution in [0.2, 0.25) is 0 Å². The highest BCUT2D eigenvalue weighted by atomic mass is 16.5. The Balaban J connectivity index is 1.58. The number of aliphatic hydroxyl groups is 1. The molecule has 1 aromatic heterocycles. The van der Waals surface area contributed by atoms with Gasteiger partial charge in [-0.25, -0.2) is 0 Å². The summed E-state index contributed by atoms with van der Waals surface area (Å²) in [6.45, 7) is 8.23. The van der Waals surface area contributed by atoms with Gasteiger partial charge in [-0.2, -0.15) is 4.98 Å². The fraction of sp³-hybridized carbons (Fsp3) is 0.600. The standard InChI is InChI=1S/C20H29N3O2/c1-13(2)16-5-7-17(8-6-16)20(24)11-9-18(10-12-20)21-14(3)19-22-15(4)25-23-19/h5-8,13-14,18,21,24H,9-12H2,1-4H3. The summed E-state index contributed by atoms with van der Waals surface area (Å²) in [5.41, 5.74) is 1.64. The van der Waals surface area contributed by atoms with E-state index in [4.69, 9.17) is 4.52 Å².